The van der Waals surface area contributed by atoms with Gasteiger partial charge in [-0.15, -0.1) is 0 Å². The average molecular weight is 785 g/mol. The molecule has 0 amide bonds. The maximum absolute atomic E-state index is 13.7. The van der Waals surface area contributed by atoms with E-state index < -0.39 is 14.1 Å². The fourth-order valence-corrected chi connectivity index (χ4v) is 14.4. The zero-order chi connectivity index (χ0) is 39.5. The number of rotatable bonds is 12. The molecule has 0 fully saturated rings. The summed E-state index contributed by atoms with van der Waals surface area (Å²) in [5, 5.41) is 6.96. The standard InChI is InChI=1S/C53H42N2OP2/c56-45(41-39-43-23-19-21-37-52(43)54-57(46-25-7-1-8-26-46,47-27-9-2-10-28-47)48-29-11-3-12-30-48)42-40-44-24-20-22-38-53(44)55-58(49-31-13-4-14-32-49,50-33-15-5-16-34-50)51-35-17-6-18-36-51/h1-42H/b41-39-,42-40+. The number of allylic oxidation sites excluding steroid dienone is 2. The van der Waals surface area contributed by atoms with Gasteiger partial charge in [-0.25, -0.2) is 0 Å². The molecule has 0 bridgehead atoms. The molecular formula is C53H42N2OP2. The maximum Gasteiger partial charge on any atom is 0.178 e. The lowest BCUT2D eigenvalue weighted by Gasteiger charge is -2.27. The quantitative estimate of drug-likeness (QED) is 0.0899. The van der Waals surface area contributed by atoms with Crippen molar-refractivity contribution in [2.75, 3.05) is 0 Å². The van der Waals surface area contributed by atoms with Gasteiger partial charge in [0.1, 0.15) is 0 Å². The molecule has 0 unspecified atom stereocenters. The van der Waals surface area contributed by atoms with Gasteiger partial charge >= 0.3 is 0 Å². The molecule has 0 atom stereocenters. The van der Waals surface area contributed by atoms with Gasteiger partial charge in [-0.2, -0.15) is 0 Å². The Morgan fingerprint density at radius 2 is 0.534 bits per heavy atom. The van der Waals surface area contributed by atoms with E-state index in [0.717, 1.165) is 54.3 Å². The van der Waals surface area contributed by atoms with Crippen LogP contribution in [0.4, 0.5) is 11.4 Å². The fourth-order valence-electron chi connectivity index (χ4n) is 7.26. The van der Waals surface area contributed by atoms with Gasteiger partial charge in [-0.3, -0.25) is 14.3 Å². The predicted octanol–water partition coefficient (Wildman–Crippen LogP) is 11.6. The molecule has 8 aromatic rings. The van der Waals surface area contributed by atoms with Crippen molar-refractivity contribution >= 4 is 75.2 Å². The van der Waals surface area contributed by atoms with E-state index >= 15 is 0 Å². The number of nitrogens with zero attached hydrogens (tertiary/aromatic N) is 2. The normalized spacial score (nSPS) is 11.7. The van der Waals surface area contributed by atoms with Crippen molar-refractivity contribution in [2.24, 2.45) is 9.49 Å². The Hall–Kier alpha value is -6.63. The maximum atomic E-state index is 13.7. The molecule has 5 heteroatoms. The van der Waals surface area contributed by atoms with Crippen LogP contribution >= 0.6 is 14.1 Å². The SMILES string of the molecule is O=C(/C=C\c1ccccc1N=P(c1ccccc1)(c1ccccc1)c1ccccc1)/C=C/c1ccccc1N=P(c1ccccc1)(c1ccccc1)c1ccccc1. The summed E-state index contributed by atoms with van der Waals surface area (Å²) in [5.74, 6) is -0.130. The van der Waals surface area contributed by atoms with Gasteiger partial charge < -0.3 is 0 Å². The van der Waals surface area contributed by atoms with Gasteiger partial charge in [0.2, 0.25) is 0 Å². The molecule has 0 spiro atoms. The second-order valence-electron chi connectivity index (χ2n) is 13.7. The van der Waals surface area contributed by atoms with E-state index in [4.69, 9.17) is 9.49 Å². The molecule has 8 rings (SSSR count). The summed E-state index contributed by atoms with van der Waals surface area (Å²) in [5.41, 5.74) is 3.39. The minimum Gasteiger partial charge on any atom is -0.290 e. The summed E-state index contributed by atoms with van der Waals surface area (Å²) in [7, 11) is -5.02. The summed E-state index contributed by atoms with van der Waals surface area (Å²) >= 11 is 0. The lowest BCUT2D eigenvalue weighted by molar-refractivity contribution is -0.110. The van der Waals surface area contributed by atoms with Crippen LogP contribution in [0.15, 0.2) is 252 Å². The fraction of sp³-hybridized carbons (Fsp3) is 0. The number of carbonyl (C=O) groups excluding carboxylic acids is 1. The summed E-state index contributed by atoms with van der Waals surface area (Å²) in [4.78, 5) is 13.7. The number of ketones is 1. The first-order valence-electron chi connectivity index (χ1n) is 19.3. The molecule has 280 valence electrons. The molecule has 0 aliphatic carbocycles. The third-order valence-electron chi connectivity index (χ3n) is 10.0. The highest BCUT2D eigenvalue weighted by Gasteiger charge is 2.29. The van der Waals surface area contributed by atoms with Gasteiger partial charge in [0.15, 0.2) is 5.78 Å². The summed E-state index contributed by atoms with van der Waals surface area (Å²) in [6.45, 7) is 0. The van der Waals surface area contributed by atoms with Crippen molar-refractivity contribution in [1.29, 1.82) is 0 Å². The predicted molar refractivity (Wildman–Crippen MR) is 250 cm³/mol. The lowest BCUT2D eigenvalue weighted by Crippen LogP contribution is -2.25. The minimum absolute atomic E-state index is 0.130. The smallest absolute Gasteiger partial charge is 0.178 e. The van der Waals surface area contributed by atoms with Crippen LogP contribution in [0.25, 0.3) is 12.2 Å². The Kier molecular flexibility index (Phi) is 11.9. The van der Waals surface area contributed by atoms with E-state index in [0.29, 0.717) is 0 Å². The Balaban J connectivity index is 1.19. The van der Waals surface area contributed by atoms with Crippen LogP contribution in [-0.2, 0) is 4.79 Å². The van der Waals surface area contributed by atoms with E-state index in [1.54, 1.807) is 12.2 Å². The van der Waals surface area contributed by atoms with Gasteiger partial charge in [0.05, 0.1) is 25.5 Å². The topological polar surface area (TPSA) is 41.8 Å². The second kappa shape index (κ2) is 18.1. The van der Waals surface area contributed by atoms with Crippen molar-refractivity contribution in [2.45, 2.75) is 0 Å². The van der Waals surface area contributed by atoms with E-state index in [1.165, 1.54) is 0 Å². The minimum atomic E-state index is -2.51. The molecule has 0 saturated heterocycles. The largest absolute Gasteiger partial charge is 0.290 e. The Morgan fingerprint density at radius 3 is 0.793 bits per heavy atom. The van der Waals surface area contributed by atoms with Crippen LogP contribution in [-0.4, -0.2) is 5.78 Å². The van der Waals surface area contributed by atoms with Crippen LogP contribution in [0, 0.1) is 0 Å². The van der Waals surface area contributed by atoms with Crippen molar-refractivity contribution in [3.05, 3.63) is 254 Å². The van der Waals surface area contributed by atoms with Crippen LogP contribution in [0.5, 0.6) is 0 Å². The summed E-state index contributed by atoms with van der Waals surface area (Å²) in [6.07, 6.45) is 7.03. The number of benzene rings is 8. The molecule has 0 aliphatic rings. The van der Waals surface area contributed by atoms with Crippen molar-refractivity contribution in [3.8, 4) is 0 Å². The average Bonchev–Trinajstić information content (AvgIpc) is 3.31. The first-order valence-corrected chi connectivity index (χ1v) is 22.8. The number of hydrogen-bond donors (Lipinski definition) is 0. The molecule has 8 aromatic carbocycles. The highest BCUT2D eigenvalue weighted by atomic mass is 31.2. The van der Waals surface area contributed by atoms with Crippen LogP contribution < -0.4 is 31.8 Å². The van der Waals surface area contributed by atoms with Gasteiger partial charge in [0, 0.05) is 43.0 Å². The molecule has 0 radical (unpaired) electrons. The molecule has 0 aliphatic heterocycles. The van der Waals surface area contributed by atoms with Crippen molar-refractivity contribution < 1.29 is 4.79 Å². The van der Waals surface area contributed by atoms with Crippen molar-refractivity contribution in [1.82, 2.24) is 0 Å². The monoisotopic (exact) mass is 784 g/mol. The van der Waals surface area contributed by atoms with E-state index in [-0.39, 0.29) is 5.78 Å². The lowest BCUT2D eigenvalue weighted by atomic mass is 10.1. The van der Waals surface area contributed by atoms with Gasteiger partial charge in [-0.05, 0) is 36.4 Å². The highest BCUT2D eigenvalue weighted by molar-refractivity contribution is 7.88. The second-order valence-corrected chi connectivity index (χ2v) is 19.7. The Morgan fingerprint density at radius 1 is 0.310 bits per heavy atom. The van der Waals surface area contributed by atoms with E-state index in [2.05, 4.69) is 146 Å². The van der Waals surface area contributed by atoms with E-state index in [1.807, 2.05) is 97.1 Å². The molecule has 58 heavy (non-hydrogen) atoms. The first-order chi connectivity index (χ1) is 28.7. The zero-order valence-electron chi connectivity index (χ0n) is 31.9. The van der Waals surface area contributed by atoms with Crippen LogP contribution in [0.2, 0.25) is 0 Å². The molecule has 0 heterocycles. The molecule has 0 saturated carbocycles. The third kappa shape index (κ3) is 8.11. The molecule has 0 N–H and O–H groups in total. The third-order valence-corrected chi connectivity index (χ3v) is 17.3. The number of carbonyl (C=O) groups is 1. The first kappa shape index (κ1) is 38.3. The van der Waals surface area contributed by atoms with Gasteiger partial charge in [0.25, 0.3) is 0 Å². The Bertz CT molecular complexity index is 2380. The van der Waals surface area contributed by atoms with Gasteiger partial charge in [-0.1, -0.05) is 218 Å². The molecule has 3 nitrogen and oxygen atoms in total. The van der Waals surface area contributed by atoms with Crippen LogP contribution in [0.1, 0.15) is 11.1 Å². The zero-order valence-corrected chi connectivity index (χ0v) is 33.7. The molecule has 0 aromatic heterocycles. The van der Waals surface area contributed by atoms with E-state index in [9.17, 15) is 4.79 Å². The summed E-state index contributed by atoms with van der Waals surface area (Å²) < 4.78 is 11.4. The summed E-state index contributed by atoms with van der Waals surface area (Å²) in [6, 6.07) is 79.6. The molecular weight excluding hydrogens is 743 g/mol. The highest BCUT2D eigenvalue weighted by Crippen LogP contribution is 2.51. The van der Waals surface area contributed by atoms with Crippen molar-refractivity contribution in [3.63, 3.8) is 0 Å². The number of hydrogen-bond acceptors (Lipinski definition) is 3. The Labute approximate surface area is 341 Å². The van der Waals surface area contributed by atoms with Crippen LogP contribution in [0.3, 0.4) is 0 Å².